The first-order chi connectivity index (χ1) is 19.6. The summed E-state index contributed by atoms with van der Waals surface area (Å²) in [5.41, 5.74) is 2.52. The highest BCUT2D eigenvalue weighted by Crippen LogP contribution is 2.26. The van der Waals surface area contributed by atoms with E-state index in [9.17, 15) is 14.9 Å². The van der Waals surface area contributed by atoms with Gasteiger partial charge in [-0.05, 0) is 67.7 Å². The second-order valence-corrected chi connectivity index (χ2v) is 11.3. The number of carbonyl (C=O) groups excluding carboxylic acids is 1. The van der Waals surface area contributed by atoms with Crippen molar-refractivity contribution in [2.75, 3.05) is 43.0 Å². The maximum Gasteiger partial charge on any atom is 0.414 e. The number of fused-ring (bicyclic) bond motifs is 1. The van der Waals surface area contributed by atoms with E-state index in [2.05, 4.69) is 32.2 Å². The molecular weight excluding hydrogens is 528 g/mol. The molecule has 1 atom stereocenters. The first kappa shape index (κ1) is 28.2. The van der Waals surface area contributed by atoms with Crippen LogP contribution in [0.2, 0.25) is 0 Å². The predicted octanol–water partition coefficient (Wildman–Crippen LogP) is 4.69. The van der Waals surface area contributed by atoms with Crippen LogP contribution in [0, 0.1) is 10.1 Å². The highest BCUT2D eigenvalue weighted by molar-refractivity contribution is 5.84. The molecule has 12 nitrogen and oxygen atoms in total. The number of carbonyl (C=O) groups is 1. The SMILES string of the molecule is CC(C)(C)OC(=O)Nc1ccc(CN2CCN(c3ccc(OCC4CCn5cc([N+](=O)[O-])nc5O4)cc3)CC2)cc1. The molecule has 12 heteroatoms. The molecule has 2 aromatic carbocycles. The van der Waals surface area contributed by atoms with Crippen molar-refractivity contribution in [1.82, 2.24) is 14.5 Å². The molecule has 0 radical (unpaired) electrons. The van der Waals surface area contributed by atoms with E-state index in [1.54, 1.807) is 4.57 Å². The molecule has 2 aliphatic heterocycles. The fourth-order valence-corrected chi connectivity index (χ4v) is 4.82. The normalized spacial score (nSPS) is 17.3. The van der Waals surface area contributed by atoms with E-state index in [4.69, 9.17) is 14.2 Å². The second-order valence-electron chi connectivity index (χ2n) is 11.3. The van der Waals surface area contributed by atoms with E-state index < -0.39 is 16.6 Å². The molecule has 3 heterocycles. The van der Waals surface area contributed by atoms with Crippen LogP contribution in [0.25, 0.3) is 0 Å². The molecule has 1 saturated heterocycles. The van der Waals surface area contributed by atoms with Crippen molar-refractivity contribution < 1.29 is 23.9 Å². The van der Waals surface area contributed by atoms with Gasteiger partial charge in [-0.1, -0.05) is 12.1 Å². The monoisotopic (exact) mass is 564 g/mol. The number of aryl methyl sites for hydroxylation is 1. The Morgan fingerprint density at radius 1 is 1.07 bits per heavy atom. The molecule has 3 aromatic rings. The van der Waals surface area contributed by atoms with Crippen LogP contribution in [-0.4, -0.2) is 70.0 Å². The molecule has 41 heavy (non-hydrogen) atoms. The van der Waals surface area contributed by atoms with Crippen LogP contribution < -0.4 is 19.7 Å². The Hall–Kier alpha value is -4.32. The topological polar surface area (TPSA) is 124 Å². The minimum absolute atomic E-state index is 0.207. The zero-order chi connectivity index (χ0) is 29.0. The second kappa shape index (κ2) is 12.0. The zero-order valence-electron chi connectivity index (χ0n) is 23.6. The van der Waals surface area contributed by atoms with Crippen molar-refractivity contribution in [3.8, 4) is 11.8 Å². The van der Waals surface area contributed by atoms with Gasteiger partial charge in [0.1, 0.15) is 30.3 Å². The quantitative estimate of drug-likeness (QED) is 0.306. The van der Waals surface area contributed by atoms with Gasteiger partial charge < -0.3 is 29.2 Å². The van der Waals surface area contributed by atoms with Crippen LogP contribution in [0.5, 0.6) is 11.8 Å². The predicted molar refractivity (Wildman–Crippen MR) is 154 cm³/mol. The third-order valence-corrected chi connectivity index (χ3v) is 6.89. The highest BCUT2D eigenvalue weighted by atomic mass is 16.6. The molecule has 5 rings (SSSR count). The van der Waals surface area contributed by atoms with E-state index in [1.165, 1.54) is 11.8 Å². The smallest absolute Gasteiger partial charge is 0.414 e. The molecule has 0 spiro atoms. The molecular formula is C29H36N6O6. The summed E-state index contributed by atoms with van der Waals surface area (Å²) in [6.45, 7) is 11.1. The van der Waals surface area contributed by atoms with Crippen molar-refractivity contribution in [1.29, 1.82) is 0 Å². The molecule has 1 fully saturated rings. The van der Waals surface area contributed by atoms with Crippen LogP contribution in [-0.2, 0) is 17.8 Å². The molecule has 2 aliphatic rings. The summed E-state index contributed by atoms with van der Waals surface area (Å²) in [6.07, 6.45) is 1.42. The van der Waals surface area contributed by atoms with E-state index in [0.717, 1.165) is 44.2 Å². The minimum atomic E-state index is -0.533. The molecule has 1 unspecified atom stereocenters. The molecule has 0 aliphatic carbocycles. The summed E-state index contributed by atoms with van der Waals surface area (Å²) in [5, 5.41) is 13.7. The fraction of sp³-hybridized carbons (Fsp3) is 0.448. The number of nitrogens with zero attached hydrogens (tertiary/aromatic N) is 5. The fourth-order valence-electron chi connectivity index (χ4n) is 4.82. The van der Waals surface area contributed by atoms with Gasteiger partial charge in [0.05, 0.1) is 0 Å². The van der Waals surface area contributed by atoms with Crippen molar-refractivity contribution in [2.45, 2.75) is 52.0 Å². The summed E-state index contributed by atoms with van der Waals surface area (Å²) in [4.78, 5) is 31.1. The summed E-state index contributed by atoms with van der Waals surface area (Å²) < 4.78 is 18.7. The van der Waals surface area contributed by atoms with Crippen molar-refractivity contribution in [2.24, 2.45) is 0 Å². The lowest BCUT2D eigenvalue weighted by Gasteiger charge is -2.36. The lowest BCUT2D eigenvalue weighted by atomic mass is 10.1. The number of nitro groups is 1. The third kappa shape index (κ3) is 7.66. The van der Waals surface area contributed by atoms with Gasteiger partial charge in [0.15, 0.2) is 0 Å². The van der Waals surface area contributed by atoms with Crippen LogP contribution in [0.1, 0.15) is 32.8 Å². The van der Waals surface area contributed by atoms with E-state index in [0.29, 0.717) is 25.3 Å². The maximum absolute atomic E-state index is 12.0. The number of nitrogens with one attached hydrogen (secondary N) is 1. The van der Waals surface area contributed by atoms with E-state index >= 15 is 0 Å². The number of hydrogen-bond acceptors (Lipinski definition) is 9. The van der Waals surface area contributed by atoms with Crippen molar-refractivity contribution >= 4 is 23.3 Å². The average Bonchev–Trinajstić information content (AvgIpc) is 3.37. The van der Waals surface area contributed by atoms with Gasteiger partial charge in [0, 0.05) is 62.0 Å². The summed E-state index contributed by atoms with van der Waals surface area (Å²) in [6, 6.07) is 16.2. The molecule has 1 N–H and O–H groups in total. The number of ether oxygens (including phenoxy) is 3. The molecule has 0 bridgehead atoms. The Kier molecular flexibility index (Phi) is 8.29. The van der Waals surface area contributed by atoms with Gasteiger partial charge in [-0.25, -0.2) is 4.79 Å². The van der Waals surface area contributed by atoms with Crippen LogP contribution in [0.3, 0.4) is 0 Å². The molecule has 1 amide bonds. The Bertz CT molecular complexity index is 1340. The van der Waals surface area contributed by atoms with E-state index in [-0.39, 0.29) is 17.9 Å². The Morgan fingerprint density at radius 2 is 1.78 bits per heavy atom. The standard InChI is InChI=1S/C29H36N6O6/c1-29(2,3)41-28(36)30-22-6-4-21(5-7-22)18-32-14-16-33(17-15-32)23-8-10-24(11-9-23)39-20-25-12-13-34-19-26(35(37)38)31-27(34)40-25/h4-11,19,25H,12-18,20H2,1-3H3,(H,30,36). The number of rotatable bonds is 8. The van der Waals surface area contributed by atoms with Gasteiger partial charge in [-0.15, -0.1) is 0 Å². The Balaban J connectivity index is 1.04. The lowest BCUT2D eigenvalue weighted by molar-refractivity contribution is -0.389. The molecule has 0 saturated carbocycles. The summed E-state index contributed by atoms with van der Waals surface area (Å²) >= 11 is 0. The highest BCUT2D eigenvalue weighted by Gasteiger charge is 2.28. The van der Waals surface area contributed by atoms with Gasteiger partial charge in [-0.2, -0.15) is 0 Å². The van der Waals surface area contributed by atoms with Gasteiger partial charge in [0.25, 0.3) is 0 Å². The van der Waals surface area contributed by atoms with Gasteiger partial charge >= 0.3 is 17.9 Å². The molecule has 1 aromatic heterocycles. The van der Waals surface area contributed by atoms with Gasteiger partial charge in [0.2, 0.25) is 0 Å². The molecule has 218 valence electrons. The average molecular weight is 565 g/mol. The first-order valence-corrected chi connectivity index (χ1v) is 13.8. The lowest BCUT2D eigenvalue weighted by Crippen LogP contribution is -2.45. The largest absolute Gasteiger partial charge is 0.490 e. The first-order valence-electron chi connectivity index (χ1n) is 13.8. The number of imidazole rings is 1. The minimum Gasteiger partial charge on any atom is -0.490 e. The number of piperazine rings is 1. The number of benzene rings is 2. The van der Waals surface area contributed by atoms with Crippen molar-refractivity contribution in [3.63, 3.8) is 0 Å². The van der Waals surface area contributed by atoms with Gasteiger partial charge in [-0.3, -0.25) is 14.8 Å². The van der Waals surface area contributed by atoms with Crippen LogP contribution in [0.15, 0.2) is 54.7 Å². The van der Waals surface area contributed by atoms with Crippen LogP contribution in [0.4, 0.5) is 22.0 Å². The zero-order valence-corrected chi connectivity index (χ0v) is 23.6. The van der Waals surface area contributed by atoms with Crippen LogP contribution >= 0.6 is 0 Å². The number of amides is 1. The Labute approximate surface area is 239 Å². The summed E-state index contributed by atoms with van der Waals surface area (Å²) in [7, 11) is 0. The Morgan fingerprint density at radius 3 is 2.44 bits per heavy atom. The van der Waals surface area contributed by atoms with E-state index in [1.807, 2.05) is 57.2 Å². The number of hydrogen-bond donors (Lipinski definition) is 1. The summed E-state index contributed by atoms with van der Waals surface area (Å²) in [5.74, 6) is 0.543. The number of aromatic nitrogens is 2. The maximum atomic E-state index is 12.0. The number of anilines is 2. The third-order valence-electron chi connectivity index (χ3n) is 6.89. The van der Waals surface area contributed by atoms with Crippen molar-refractivity contribution in [3.05, 3.63) is 70.4 Å².